The number of carbonyl (C=O) groups is 1. The Morgan fingerprint density at radius 3 is 2.54 bits per heavy atom. The molecule has 24 heavy (non-hydrogen) atoms. The largest absolute Gasteiger partial charge is 0.494 e. The highest BCUT2D eigenvalue weighted by Gasteiger charge is 2.41. The van der Waals surface area contributed by atoms with E-state index in [1.807, 2.05) is 4.90 Å². The number of rotatable bonds is 4. The average molecular weight is 334 g/mol. The maximum atomic E-state index is 12.1. The Kier molecular flexibility index (Phi) is 4.89. The summed E-state index contributed by atoms with van der Waals surface area (Å²) in [5, 5.41) is 9.61. The fourth-order valence-electron chi connectivity index (χ4n) is 3.75. The summed E-state index contributed by atoms with van der Waals surface area (Å²) in [6.45, 7) is 4.71. The van der Waals surface area contributed by atoms with Gasteiger partial charge in [-0.1, -0.05) is 0 Å². The number of hydrogen-bond donors (Lipinski definition) is 1. The van der Waals surface area contributed by atoms with E-state index in [9.17, 15) is 9.90 Å². The van der Waals surface area contributed by atoms with E-state index < -0.39 is 6.10 Å². The smallest absolute Gasteiger partial charge is 0.225 e. The van der Waals surface area contributed by atoms with Gasteiger partial charge in [-0.15, -0.1) is 0 Å². The molecule has 0 aromatic carbocycles. The summed E-state index contributed by atoms with van der Waals surface area (Å²) in [5.74, 6) is 1.56. The van der Waals surface area contributed by atoms with Gasteiger partial charge in [0.2, 0.25) is 11.9 Å². The molecular weight excluding hydrogens is 308 g/mol. The second-order valence-electron chi connectivity index (χ2n) is 7.03. The summed E-state index contributed by atoms with van der Waals surface area (Å²) in [6.07, 6.45) is 6.48. The molecule has 1 aromatic rings. The van der Waals surface area contributed by atoms with Crippen LogP contribution >= 0.6 is 0 Å². The number of anilines is 1. The van der Waals surface area contributed by atoms with Crippen molar-refractivity contribution in [1.82, 2.24) is 14.9 Å². The van der Waals surface area contributed by atoms with E-state index >= 15 is 0 Å². The second kappa shape index (κ2) is 6.93. The third kappa shape index (κ3) is 3.61. The summed E-state index contributed by atoms with van der Waals surface area (Å²) in [5.41, 5.74) is 0.172. The SMILES string of the molecule is COc1cnc(N2CCC3(CCC(=O)N(C[C@H](C)O)C3)CC2)nc1. The van der Waals surface area contributed by atoms with Crippen molar-refractivity contribution in [3.8, 4) is 5.75 Å². The van der Waals surface area contributed by atoms with E-state index in [1.165, 1.54) is 0 Å². The van der Waals surface area contributed by atoms with Crippen LogP contribution in [0.2, 0.25) is 0 Å². The van der Waals surface area contributed by atoms with Gasteiger partial charge in [-0.3, -0.25) is 4.79 Å². The first-order valence-electron chi connectivity index (χ1n) is 8.58. The monoisotopic (exact) mass is 334 g/mol. The topological polar surface area (TPSA) is 78.8 Å². The lowest BCUT2D eigenvalue weighted by Crippen LogP contribution is -2.53. The maximum Gasteiger partial charge on any atom is 0.225 e. The van der Waals surface area contributed by atoms with Crippen molar-refractivity contribution in [1.29, 1.82) is 0 Å². The van der Waals surface area contributed by atoms with Gasteiger partial charge in [0, 0.05) is 32.6 Å². The van der Waals surface area contributed by atoms with Crippen molar-refractivity contribution in [3.63, 3.8) is 0 Å². The van der Waals surface area contributed by atoms with E-state index in [-0.39, 0.29) is 11.3 Å². The summed E-state index contributed by atoms with van der Waals surface area (Å²) in [4.78, 5) is 24.8. The number of β-amino-alcohol motifs (C(OH)–C–C–N with tert-alkyl or cyclic N) is 1. The van der Waals surface area contributed by atoms with Crippen molar-refractivity contribution in [2.24, 2.45) is 5.41 Å². The minimum atomic E-state index is -0.475. The Balaban J connectivity index is 1.61. The normalized spacial score (nSPS) is 21.9. The summed E-state index contributed by atoms with van der Waals surface area (Å²) < 4.78 is 5.10. The number of aliphatic hydroxyl groups excluding tert-OH is 1. The molecule has 132 valence electrons. The number of piperidine rings is 2. The van der Waals surface area contributed by atoms with Crippen molar-refractivity contribution in [2.75, 3.05) is 38.2 Å². The number of nitrogens with zero attached hydrogens (tertiary/aromatic N) is 4. The van der Waals surface area contributed by atoms with Crippen LogP contribution in [0, 0.1) is 5.41 Å². The standard InChI is InChI=1S/C17H26N4O3/c1-13(22)11-21-12-17(4-3-15(21)23)5-7-20(8-6-17)16-18-9-14(24-2)10-19-16/h9-10,13,22H,3-8,11-12H2,1-2H3/t13-/m0/s1. The second-order valence-corrected chi connectivity index (χ2v) is 7.03. The van der Waals surface area contributed by atoms with Crippen LogP contribution in [0.3, 0.4) is 0 Å². The summed E-state index contributed by atoms with van der Waals surface area (Å²) in [6, 6.07) is 0. The molecule has 1 aromatic heterocycles. The van der Waals surface area contributed by atoms with Crippen LogP contribution in [-0.4, -0.2) is 65.3 Å². The van der Waals surface area contributed by atoms with E-state index in [0.717, 1.165) is 44.8 Å². The zero-order chi connectivity index (χ0) is 17.2. The van der Waals surface area contributed by atoms with E-state index in [0.29, 0.717) is 18.7 Å². The van der Waals surface area contributed by atoms with Crippen LogP contribution in [0.1, 0.15) is 32.6 Å². The number of amides is 1. The first kappa shape index (κ1) is 17.0. The molecule has 1 amide bonds. The highest BCUT2D eigenvalue weighted by molar-refractivity contribution is 5.77. The molecule has 1 N–H and O–H groups in total. The van der Waals surface area contributed by atoms with Crippen molar-refractivity contribution >= 4 is 11.9 Å². The maximum absolute atomic E-state index is 12.1. The van der Waals surface area contributed by atoms with E-state index in [2.05, 4.69) is 14.9 Å². The third-order valence-corrected chi connectivity index (χ3v) is 5.19. The van der Waals surface area contributed by atoms with Gasteiger partial charge in [-0.05, 0) is 31.6 Å². The summed E-state index contributed by atoms with van der Waals surface area (Å²) >= 11 is 0. The molecule has 0 radical (unpaired) electrons. The molecule has 2 saturated heterocycles. The number of methoxy groups -OCH3 is 1. The van der Waals surface area contributed by atoms with E-state index in [1.54, 1.807) is 26.4 Å². The Bertz CT molecular complexity index is 568. The number of hydrogen-bond acceptors (Lipinski definition) is 6. The van der Waals surface area contributed by atoms with Gasteiger partial charge in [0.05, 0.1) is 25.6 Å². The molecular formula is C17H26N4O3. The highest BCUT2D eigenvalue weighted by Crippen LogP contribution is 2.40. The molecule has 0 aliphatic carbocycles. The van der Waals surface area contributed by atoms with Crippen molar-refractivity contribution in [2.45, 2.75) is 38.7 Å². The Morgan fingerprint density at radius 1 is 1.29 bits per heavy atom. The minimum Gasteiger partial charge on any atom is -0.494 e. The number of aliphatic hydroxyl groups is 1. The molecule has 0 saturated carbocycles. The zero-order valence-corrected chi connectivity index (χ0v) is 14.4. The first-order valence-corrected chi connectivity index (χ1v) is 8.58. The Hall–Kier alpha value is -1.89. The zero-order valence-electron chi connectivity index (χ0n) is 14.4. The van der Waals surface area contributed by atoms with Crippen LogP contribution in [0.4, 0.5) is 5.95 Å². The van der Waals surface area contributed by atoms with Gasteiger partial charge >= 0.3 is 0 Å². The molecule has 3 heterocycles. The van der Waals surface area contributed by atoms with Crippen LogP contribution in [-0.2, 0) is 4.79 Å². The lowest BCUT2D eigenvalue weighted by atomic mass is 9.72. The van der Waals surface area contributed by atoms with Gasteiger partial charge < -0.3 is 19.6 Å². The van der Waals surface area contributed by atoms with Crippen molar-refractivity contribution < 1.29 is 14.6 Å². The van der Waals surface area contributed by atoms with Crippen LogP contribution in [0.5, 0.6) is 5.75 Å². The molecule has 2 aliphatic heterocycles. The molecule has 1 spiro atoms. The minimum absolute atomic E-state index is 0.169. The highest BCUT2D eigenvalue weighted by atomic mass is 16.5. The first-order chi connectivity index (χ1) is 11.5. The number of ether oxygens (including phenoxy) is 1. The predicted octanol–water partition coefficient (Wildman–Crippen LogP) is 1.07. The molecule has 7 nitrogen and oxygen atoms in total. The number of carbonyl (C=O) groups excluding carboxylic acids is 1. The fraction of sp³-hybridized carbons (Fsp3) is 0.706. The average Bonchev–Trinajstić information content (AvgIpc) is 2.59. The Labute approximate surface area is 142 Å². The molecule has 7 heteroatoms. The molecule has 3 rings (SSSR count). The van der Waals surface area contributed by atoms with Crippen LogP contribution in [0.15, 0.2) is 12.4 Å². The van der Waals surface area contributed by atoms with Gasteiger partial charge in [-0.2, -0.15) is 0 Å². The summed E-state index contributed by atoms with van der Waals surface area (Å²) in [7, 11) is 1.60. The third-order valence-electron chi connectivity index (χ3n) is 5.19. The number of likely N-dealkylation sites (tertiary alicyclic amines) is 1. The molecule has 2 aliphatic rings. The fourth-order valence-corrected chi connectivity index (χ4v) is 3.75. The van der Waals surface area contributed by atoms with Gasteiger partial charge in [0.15, 0.2) is 5.75 Å². The number of aromatic nitrogens is 2. The lowest BCUT2D eigenvalue weighted by molar-refractivity contribution is -0.139. The van der Waals surface area contributed by atoms with Gasteiger partial charge in [0.25, 0.3) is 0 Å². The van der Waals surface area contributed by atoms with Crippen LogP contribution < -0.4 is 9.64 Å². The quantitative estimate of drug-likeness (QED) is 0.887. The lowest BCUT2D eigenvalue weighted by Gasteiger charge is -2.47. The molecule has 0 unspecified atom stereocenters. The molecule has 0 bridgehead atoms. The molecule has 2 fully saturated rings. The van der Waals surface area contributed by atoms with Crippen molar-refractivity contribution in [3.05, 3.63) is 12.4 Å². The van der Waals surface area contributed by atoms with Gasteiger partial charge in [0.1, 0.15) is 0 Å². The predicted molar refractivity (Wildman–Crippen MR) is 90.0 cm³/mol. The Morgan fingerprint density at radius 2 is 1.96 bits per heavy atom. The van der Waals surface area contributed by atoms with Gasteiger partial charge in [-0.25, -0.2) is 9.97 Å². The van der Waals surface area contributed by atoms with E-state index in [4.69, 9.17) is 4.74 Å². The molecule has 1 atom stereocenters. The van der Waals surface area contributed by atoms with Crippen LogP contribution in [0.25, 0.3) is 0 Å².